The quantitative estimate of drug-likeness (QED) is 0.646. The van der Waals surface area contributed by atoms with Crippen LogP contribution >= 0.6 is 0 Å². The molecule has 0 atom stereocenters. The van der Waals surface area contributed by atoms with E-state index < -0.39 is 0 Å². The van der Waals surface area contributed by atoms with Crippen molar-refractivity contribution in [2.24, 2.45) is 0 Å². The van der Waals surface area contributed by atoms with Gasteiger partial charge in [-0.15, -0.1) is 0 Å². The Kier molecular flexibility index (Phi) is 3.20. The largest absolute Gasteiger partial charge is 0.460 e. The highest BCUT2D eigenvalue weighted by molar-refractivity contribution is 5.61. The zero-order valence-electron chi connectivity index (χ0n) is 11.0. The van der Waals surface area contributed by atoms with Crippen molar-refractivity contribution in [3.05, 3.63) is 83.6 Å². The van der Waals surface area contributed by atoms with Crippen LogP contribution in [0.3, 0.4) is 0 Å². The van der Waals surface area contributed by atoms with Gasteiger partial charge in [-0.2, -0.15) is 0 Å². The van der Waals surface area contributed by atoms with Crippen LogP contribution in [0.15, 0.2) is 71.1 Å². The minimum Gasteiger partial charge on any atom is -0.460 e. The van der Waals surface area contributed by atoms with E-state index >= 15 is 0 Å². The van der Waals surface area contributed by atoms with Gasteiger partial charge in [-0.25, -0.2) is 0 Å². The molecule has 19 heavy (non-hydrogen) atoms. The highest BCUT2D eigenvalue weighted by Gasteiger charge is 2.09. The molecule has 1 heteroatoms. The Balaban J connectivity index is 1.90. The topological polar surface area (TPSA) is 13.1 Å². The molecule has 0 amide bonds. The second-order valence-electron chi connectivity index (χ2n) is 4.75. The Morgan fingerprint density at radius 3 is 2.16 bits per heavy atom. The third kappa shape index (κ3) is 2.60. The van der Waals surface area contributed by atoms with E-state index in [2.05, 4.69) is 49.4 Å². The average Bonchev–Trinajstić information content (AvgIpc) is 2.82. The van der Waals surface area contributed by atoms with Gasteiger partial charge < -0.3 is 4.42 Å². The molecule has 0 spiro atoms. The van der Waals surface area contributed by atoms with Gasteiger partial charge in [0, 0.05) is 12.0 Å². The van der Waals surface area contributed by atoms with E-state index in [0.717, 1.165) is 23.5 Å². The van der Waals surface area contributed by atoms with Crippen molar-refractivity contribution in [1.82, 2.24) is 0 Å². The van der Waals surface area contributed by atoms with Gasteiger partial charge in [0.2, 0.25) is 0 Å². The van der Waals surface area contributed by atoms with Gasteiger partial charge >= 0.3 is 0 Å². The SMILES string of the molecule is Cc1cc(Cc2ccccc2)oc1-c1ccccc1. The Morgan fingerprint density at radius 2 is 1.47 bits per heavy atom. The molecular formula is C18H16O. The average molecular weight is 248 g/mol. The fourth-order valence-electron chi connectivity index (χ4n) is 2.31. The summed E-state index contributed by atoms with van der Waals surface area (Å²) in [7, 11) is 0. The zero-order chi connectivity index (χ0) is 13.1. The number of aryl methyl sites for hydroxylation is 1. The predicted octanol–water partition coefficient (Wildman–Crippen LogP) is 4.85. The van der Waals surface area contributed by atoms with Crippen LogP contribution in [0.5, 0.6) is 0 Å². The predicted molar refractivity (Wildman–Crippen MR) is 78.1 cm³/mol. The van der Waals surface area contributed by atoms with Gasteiger partial charge in [-0.05, 0) is 24.1 Å². The summed E-state index contributed by atoms with van der Waals surface area (Å²) >= 11 is 0. The number of benzene rings is 2. The molecule has 0 aliphatic heterocycles. The van der Waals surface area contributed by atoms with Crippen LogP contribution in [0, 0.1) is 6.92 Å². The number of furan rings is 1. The lowest BCUT2D eigenvalue weighted by Gasteiger charge is -1.99. The summed E-state index contributed by atoms with van der Waals surface area (Å²) in [4.78, 5) is 0. The highest BCUT2D eigenvalue weighted by atomic mass is 16.3. The monoisotopic (exact) mass is 248 g/mol. The van der Waals surface area contributed by atoms with E-state index in [-0.39, 0.29) is 0 Å². The fourth-order valence-corrected chi connectivity index (χ4v) is 2.31. The first-order valence-corrected chi connectivity index (χ1v) is 6.51. The van der Waals surface area contributed by atoms with Crippen LogP contribution in [0.2, 0.25) is 0 Å². The molecule has 0 saturated heterocycles. The van der Waals surface area contributed by atoms with Gasteiger partial charge in [0.25, 0.3) is 0 Å². The molecule has 0 aliphatic rings. The molecule has 0 aliphatic carbocycles. The summed E-state index contributed by atoms with van der Waals surface area (Å²) in [5.41, 5.74) is 3.60. The van der Waals surface area contributed by atoms with Crippen LogP contribution in [0.4, 0.5) is 0 Å². The first-order chi connectivity index (χ1) is 9.33. The van der Waals surface area contributed by atoms with Crippen LogP contribution in [0.1, 0.15) is 16.9 Å². The van der Waals surface area contributed by atoms with Gasteiger partial charge in [0.1, 0.15) is 11.5 Å². The molecule has 0 radical (unpaired) electrons. The van der Waals surface area contributed by atoms with E-state index in [9.17, 15) is 0 Å². The van der Waals surface area contributed by atoms with Crippen molar-refractivity contribution in [3.63, 3.8) is 0 Å². The highest BCUT2D eigenvalue weighted by Crippen LogP contribution is 2.27. The smallest absolute Gasteiger partial charge is 0.137 e. The van der Waals surface area contributed by atoms with Crippen molar-refractivity contribution in [1.29, 1.82) is 0 Å². The Bertz CT molecular complexity index is 651. The van der Waals surface area contributed by atoms with Crippen LogP contribution in [-0.2, 0) is 6.42 Å². The third-order valence-corrected chi connectivity index (χ3v) is 3.23. The minimum absolute atomic E-state index is 0.842. The van der Waals surface area contributed by atoms with E-state index in [4.69, 9.17) is 4.42 Å². The van der Waals surface area contributed by atoms with Crippen molar-refractivity contribution in [2.45, 2.75) is 13.3 Å². The molecule has 0 unspecified atom stereocenters. The van der Waals surface area contributed by atoms with E-state index in [1.165, 1.54) is 11.1 Å². The molecule has 3 aromatic rings. The lowest BCUT2D eigenvalue weighted by molar-refractivity contribution is 0.533. The first-order valence-electron chi connectivity index (χ1n) is 6.51. The van der Waals surface area contributed by atoms with E-state index in [1.54, 1.807) is 0 Å². The number of hydrogen-bond donors (Lipinski definition) is 0. The van der Waals surface area contributed by atoms with E-state index in [0.29, 0.717) is 0 Å². The first kappa shape index (κ1) is 11.8. The molecule has 1 nitrogen and oxygen atoms in total. The Labute approximate surface area is 113 Å². The summed E-state index contributed by atoms with van der Waals surface area (Å²) in [6.07, 6.45) is 0.842. The number of rotatable bonds is 3. The molecule has 1 heterocycles. The summed E-state index contributed by atoms with van der Waals surface area (Å²) in [6, 6.07) is 22.8. The van der Waals surface area contributed by atoms with E-state index in [1.807, 2.05) is 24.3 Å². The molecule has 3 rings (SSSR count). The summed E-state index contributed by atoms with van der Waals surface area (Å²) in [5.74, 6) is 1.99. The molecule has 0 N–H and O–H groups in total. The number of hydrogen-bond acceptors (Lipinski definition) is 1. The zero-order valence-corrected chi connectivity index (χ0v) is 11.0. The third-order valence-electron chi connectivity index (χ3n) is 3.23. The lowest BCUT2D eigenvalue weighted by atomic mass is 10.1. The minimum atomic E-state index is 0.842. The maximum absolute atomic E-state index is 6.00. The fraction of sp³-hybridized carbons (Fsp3) is 0.111. The van der Waals surface area contributed by atoms with Crippen molar-refractivity contribution >= 4 is 0 Å². The molecule has 1 aromatic heterocycles. The van der Waals surface area contributed by atoms with Crippen molar-refractivity contribution in [2.75, 3.05) is 0 Å². The molecule has 2 aromatic carbocycles. The maximum Gasteiger partial charge on any atom is 0.137 e. The molecule has 0 saturated carbocycles. The Hall–Kier alpha value is -2.28. The summed E-state index contributed by atoms with van der Waals surface area (Å²) in [5, 5.41) is 0. The molecule has 0 bridgehead atoms. The van der Waals surface area contributed by atoms with Gasteiger partial charge in [0.05, 0.1) is 0 Å². The lowest BCUT2D eigenvalue weighted by Crippen LogP contribution is -1.83. The van der Waals surface area contributed by atoms with Crippen LogP contribution in [-0.4, -0.2) is 0 Å². The van der Waals surface area contributed by atoms with Crippen molar-refractivity contribution < 1.29 is 4.42 Å². The van der Waals surface area contributed by atoms with Gasteiger partial charge in [0.15, 0.2) is 0 Å². The molecule has 94 valence electrons. The summed E-state index contributed by atoms with van der Waals surface area (Å²) < 4.78 is 6.00. The van der Waals surface area contributed by atoms with Gasteiger partial charge in [-0.3, -0.25) is 0 Å². The van der Waals surface area contributed by atoms with Crippen LogP contribution < -0.4 is 0 Å². The second-order valence-corrected chi connectivity index (χ2v) is 4.75. The second kappa shape index (κ2) is 5.15. The van der Waals surface area contributed by atoms with Crippen molar-refractivity contribution in [3.8, 4) is 11.3 Å². The summed E-state index contributed by atoms with van der Waals surface area (Å²) in [6.45, 7) is 2.10. The molecular weight excluding hydrogens is 232 g/mol. The maximum atomic E-state index is 6.00. The normalized spacial score (nSPS) is 10.6. The van der Waals surface area contributed by atoms with Crippen LogP contribution in [0.25, 0.3) is 11.3 Å². The Morgan fingerprint density at radius 1 is 0.842 bits per heavy atom. The van der Waals surface area contributed by atoms with Gasteiger partial charge in [-0.1, -0.05) is 60.7 Å². The standard InChI is InChI=1S/C18H16O/c1-14-12-17(13-15-8-4-2-5-9-15)19-18(14)16-10-6-3-7-11-16/h2-12H,13H2,1H3. The molecule has 0 fully saturated rings.